The summed E-state index contributed by atoms with van der Waals surface area (Å²) < 4.78 is 4.81. The fourth-order valence-corrected chi connectivity index (χ4v) is 10.4. The van der Waals surface area contributed by atoms with Crippen molar-refractivity contribution in [2.24, 2.45) is 11.8 Å². The van der Waals surface area contributed by atoms with Gasteiger partial charge < -0.3 is 35.2 Å². The molecule has 5 N–H and O–H groups in total. The average molecular weight is 926 g/mol. The largest absolute Gasteiger partial charge is 0.465 e. The zero-order valence-corrected chi connectivity index (χ0v) is 40.6. The molecule has 5 heterocycles. The summed E-state index contributed by atoms with van der Waals surface area (Å²) in [5.74, 6) is -0.633. The first-order valence-electron chi connectivity index (χ1n) is 24.2. The maximum absolute atomic E-state index is 13.7. The lowest BCUT2D eigenvalue weighted by molar-refractivity contribution is -0.136. The predicted molar refractivity (Wildman–Crippen MR) is 262 cm³/mol. The summed E-state index contributed by atoms with van der Waals surface area (Å²) in [6.07, 6.45) is 3.36. The van der Waals surface area contributed by atoms with Gasteiger partial charge in [-0.1, -0.05) is 109 Å². The monoisotopic (exact) mass is 926 g/mol. The topological polar surface area (TPSA) is 189 Å². The molecule has 3 aliphatic heterocycles. The Bertz CT molecular complexity index is 2560. The molecule has 0 radical (unpaired) electrons. The van der Waals surface area contributed by atoms with E-state index in [-0.39, 0.29) is 53.2 Å². The molecule has 0 spiro atoms. The molecule has 3 aromatic carbocycles. The Morgan fingerprint density at radius 1 is 0.647 bits per heavy atom. The Morgan fingerprint density at radius 3 is 1.49 bits per heavy atom. The lowest BCUT2D eigenvalue weighted by atomic mass is 9.87. The molecule has 0 saturated carbocycles. The van der Waals surface area contributed by atoms with Crippen molar-refractivity contribution in [3.05, 3.63) is 113 Å². The van der Waals surface area contributed by atoms with Crippen LogP contribution in [-0.2, 0) is 19.7 Å². The number of nitrogens with zero attached hydrogens (tertiary/aromatic N) is 5. The highest BCUT2D eigenvalue weighted by Gasteiger charge is 2.40. The SMILES string of the molecule is COC(=O)N[C@H](C(=O)N1CCC[C@H]1c1cc(-c2ccc([C@H]3CC[C@H](c4ccc(-c5cc([C@@H]6CCCN6C(=O)[C@@H](NC(=O)O)C(C)C)[nH]n5)cc4)N3c3ccc(C(C)(C)C)cc3)cc2)n[nH]1)C(C)C. The number of carbonyl (C=O) groups is 4. The highest BCUT2D eigenvalue weighted by molar-refractivity contribution is 5.87. The van der Waals surface area contributed by atoms with Crippen molar-refractivity contribution in [3.63, 3.8) is 0 Å². The smallest absolute Gasteiger partial charge is 0.407 e. The number of aromatic amines is 2. The van der Waals surface area contributed by atoms with Gasteiger partial charge >= 0.3 is 12.2 Å². The van der Waals surface area contributed by atoms with E-state index in [1.165, 1.54) is 29.5 Å². The van der Waals surface area contributed by atoms with E-state index in [0.717, 1.165) is 72.4 Å². The van der Waals surface area contributed by atoms with E-state index in [4.69, 9.17) is 9.84 Å². The van der Waals surface area contributed by atoms with Crippen LogP contribution in [0.1, 0.15) is 139 Å². The quantitative estimate of drug-likeness (QED) is 0.0766. The van der Waals surface area contributed by atoms with Crippen LogP contribution in [0.5, 0.6) is 0 Å². The minimum Gasteiger partial charge on any atom is -0.465 e. The molecule has 0 bridgehead atoms. The molecule has 6 atom stereocenters. The summed E-state index contributed by atoms with van der Waals surface area (Å²) in [4.78, 5) is 57.1. The second-order valence-electron chi connectivity index (χ2n) is 20.4. The molecule has 4 amide bonds. The van der Waals surface area contributed by atoms with E-state index in [9.17, 15) is 24.3 Å². The molecule has 0 aliphatic carbocycles. The summed E-state index contributed by atoms with van der Waals surface area (Å²) in [7, 11) is 1.30. The Labute approximate surface area is 399 Å². The van der Waals surface area contributed by atoms with E-state index >= 15 is 0 Å². The van der Waals surface area contributed by atoms with E-state index in [0.29, 0.717) is 13.1 Å². The number of alkyl carbamates (subject to hydrolysis) is 1. The zero-order valence-electron chi connectivity index (χ0n) is 40.6. The first kappa shape index (κ1) is 47.8. The fraction of sp³-hybridized carbons (Fsp3) is 0.472. The number of anilines is 1. The normalized spacial score (nSPS) is 20.5. The molecule has 5 aromatic rings. The minimum absolute atomic E-state index is 0.0235. The lowest BCUT2D eigenvalue weighted by Gasteiger charge is -2.34. The van der Waals surface area contributed by atoms with Gasteiger partial charge in [0, 0.05) is 29.9 Å². The van der Waals surface area contributed by atoms with Gasteiger partial charge in [-0.2, -0.15) is 10.2 Å². The molecule has 3 saturated heterocycles. The van der Waals surface area contributed by atoms with Gasteiger partial charge in [0.15, 0.2) is 0 Å². The third-order valence-corrected chi connectivity index (χ3v) is 14.2. The minimum atomic E-state index is -1.21. The highest BCUT2D eigenvalue weighted by atomic mass is 16.5. The van der Waals surface area contributed by atoms with Gasteiger partial charge in [-0.25, -0.2) is 9.59 Å². The number of likely N-dealkylation sites (tertiary alicyclic amines) is 2. The van der Waals surface area contributed by atoms with Gasteiger partial charge in [0.2, 0.25) is 11.8 Å². The van der Waals surface area contributed by atoms with Crippen LogP contribution in [0.25, 0.3) is 22.5 Å². The number of nitrogens with one attached hydrogen (secondary N) is 4. The average Bonchev–Trinajstić information content (AvgIpc) is 4.18. The molecule has 0 unspecified atom stereocenters. The summed E-state index contributed by atoms with van der Waals surface area (Å²) in [6, 6.07) is 28.8. The van der Waals surface area contributed by atoms with Crippen LogP contribution in [0.4, 0.5) is 15.3 Å². The molecule has 15 nitrogen and oxygen atoms in total. The van der Waals surface area contributed by atoms with Crippen LogP contribution in [0, 0.1) is 11.8 Å². The Balaban J connectivity index is 1.00. The summed E-state index contributed by atoms with van der Waals surface area (Å²) in [6.45, 7) is 15.4. The van der Waals surface area contributed by atoms with Crippen molar-refractivity contribution in [1.29, 1.82) is 0 Å². The number of benzene rings is 3. The van der Waals surface area contributed by atoms with Crippen molar-refractivity contribution >= 4 is 29.7 Å². The molecule has 15 heteroatoms. The Hall–Kier alpha value is -6.64. The number of carboxylic acid groups (broad SMARTS) is 1. The molecular weight excluding hydrogens is 859 g/mol. The third kappa shape index (κ3) is 9.98. The Morgan fingerprint density at radius 2 is 1.09 bits per heavy atom. The van der Waals surface area contributed by atoms with Gasteiger partial charge in [0.1, 0.15) is 12.1 Å². The van der Waals surface area contributed by atoms with Crippen molar-refractivity contribution in [2.75, 3.05) is 25.1 Å². The standard InChI is InChI=1S/C53H67N9O6/c1-31(2)47(54-51(65)66)49(63)60-27-9-11-45(60)41-29-39(56-58-41)33-13-17-35(18-14-33)43-25-26-44(62(43)38-23-21-37(22-24-38)53(5,6)7)36-19-15-34(16-20-36)40-30-42(59-57-40)46-12-10-28-61(46)50(64)48(32(3)4)55-52(67)68-8/h13-24,29-32,43-48,54H,9-12,25-28H2,1-8H3,(H,55,67)(H,56,58)(H,57,59)(H,65,66)/t43-,44-,45+,46+,47+,48+/m1/s1. The van der Waals surface area contributed by atoms with Gasteiger partial charge in [0.25, 0.3) is 0 Å². The van der Waals surface area contributed by atoms with Crippen LogP contribution in [-0.4, -0.2) is 91.6 Å². The van der Waals surface area contributed by atoms with E-state index in [1.54, 1.807) is 4.90 Å². The van der Waals surface area contributed by atoms with E-state index < -0.39 is 24.3 Å². The van der Waals surface area contributed by atoms with Gasteiger partial charge in [-0.15, -0.1) is 0 Å². The fourth-order valence-electron chi connectivity index (χ4n) is 10.4. The predicted octanol–water partition coefficient (Wildman–Crippen LogP) is 9.85. The number of methoxy groups -OCH3 is 1. The van der Waals surface area contributed by atoms with Crippen molar-refractivity contribution in [1.82, 2.24) is 40.8 Å². The van der Waals surface area contributed by atoms with Crippen LogP contribution in [0.2, 0.25) is 0 Å². The number of H-pyrrole nitrogens is 2. The number of hydrogen-bond donors (Lipinski definition) is 5. The molecular formula is C53H67N9O6. The third-order valence-electron chi connectivity index (χ3n) is 14.2. The first-order chi connectivity index (χ1) is 32.5. The number of ether oxygens (including phenoxy) is 1. The maximum atomic E-state index is 13.7. The number of rotatable bonds is 13. The number of aromatic nitrogens is 4. The lowest BCUT2D eigenvalue weighted by Crippen LogP contribution is -2.51. The van der Waals surface area contributed by atoms with Gasteiger partial charge in [0.05, 0.1) is 54.1 Å². The summed E-state index contributed by atoms with van der Waals surface area (Å²) in [5, 5.41) is 30.4. The van der Waals surface area contributed by atoms with Crippen LogP contribution in [0.15, 0.2) is 84.9 Å². The van der Waals surface area contributed by atoms with Crippen LogP contribution >= 0.6 is 0 Å². The van der Waals surface area contributed by atoms with Crippen molar-refractivity contribution in [3.8, 4) is 22.5 Å². The molecule has 3 fully saturated rings. The number of hydrogen-bond acceptors (Lipinski definition) is 8. The number of carbonyl (C=O) groups excluding carboxylic acids is 3. The van der Waals surface area contributed by atoms with Crippen LogP contribution in [0.3, 0.4) is 0 Å². The van der Waals surface area contributed by atoms with E-state index in [2.05, 4.69) is 124 Å². The number of amides is 4. The van der Waals surface area contributed by atoms with E-state index in [1.807, 2.05) is 44.7 Å². The van der Waals surface area contributed by atoms with Crippen molar-refractivity contribution < 1.29 is 29.0 Å². The van der Waals surface area contributed by atoms with Gasteiger partial charge in [-0.3, -0.25) is 19.8 Å². The molecule has 2 aromatic heterocycles. The summed E-state index contributed by atoms with van der Waals surface area (Å²) >= 11 is 0. The zero-order chi connectivity index (χ0) is 48.4. The first-order valence-corrected chi connectivity index (χ1v) is 24.2. The molecule has 360 valence electrons. The van der Waals surface area contributed by atoms with Crippen LogP contribution < -0.4 is 15.5 Å². The molecule has 68 heavy (non-hydrogen) atoms. The Kier molecular flexibility index (Phi) is 14.0. The second kappa shape index (κ2) is 19.9. The molecule has 8 rings (SSSR count). The second-order valence-corrected chi connectivity index (χ2v) is 20.4. The molecule has 3 aliphatic rings. The van der Waals surface area contributed by atoms with Gasteiger partial charge in [-0.05, 0) is 96.7 Å². The maximum Gasteiger partial charge on any atom is 0.407 e. The summed E-state index contributed by atoms with van der Waals surface area (Å²) in [5.41, 5.74) is 10.2. The highest BCUT2D eigenvalue weighted by Crippen LogP contribution is 2.48. The van der Waals surface area contributed by atoms with Crippen molar-refractivity contribution in [2.45, 2.75) is 129 Å².